The van der Waals surface area contributed by atoms with Crippen LogP contribution in [0.5, 0.6) is 0 Å². The molecule has 274 valence electrons. The summed E-state index contributed by atoms with van der Waals surface area (Å²) in [6, 6.07) is 10.1. The molecule has 0 radical (unpaired) electrons. The zero-order valence-electron chi connectivity index (χ0n) is 31.5. The molecule has 1 aromatic rings. The lowest BCUT2D eigenvalue weighted by molar-refractivity contribution is -0.121. The van der Waals surface area contributed by atoms with E-state index in [1.165, 1.54) is 50.5 Å². The third kappa shape index (κ3) is 14.5. The normalized spacial score (nSPS) is 23.7. The lowest BCUT2D eigenvalue weighted by Gasteiger charge is -2.39. The van der Waals surface area contributed by atoms with Crippen molar-refractivity contribution in [3.63, 3.8) is 0 Å². The predicted octanol–water partition coefficient (Wildman–Crippen LogP) is 9.45. The number of aliphatic hydroxyl groups excluding tert-OH is 3. The first-order valence-corrected chi connectivity index (χ1v) is 19.9. The summed E-state index contributed by atoms with van der Waals surface area (Å²) < 4.78 is 0. The minimum Gasteiger partial charge on any atom is -0.393 e. The van der Waals surface area contributed by atoms with Gasteiger partial charge in [0.25, 0.3) is 0 Å². The van der Waals surface area contributed by atoms with E-state index < -0.39 is 18.3 Å². The number of carbonyl (C=O) groups is 1. The van der Waals surface area contributed by atoms with Gasteiger partial charge < -0.3 is 20.6 Å². The minimum absolute atomic E-state index is 0.0714. The van der Waals surface area contributed by atoms with E-state index in [9.17, 15) is 20.1 Å². The Labute approximate surface area is 295 Å². The highest BCUT2D eigenvalue weighted by Gasteiger charge is 2.39. The van der Waals surface area contributed by atoms with E-state index in [0.717, 1.165) is 61.8 Å². The van der Waals surface area contributed by atoms with E-state index in [1.807, 2.05) is 24.3 Å². The molecule has 0 saturated heterocycles. The Balaban J connectivity index is 1.67. The second-order valence-electron chi connectivity index (χ2n) is 14.8. The number of benzene rings is 1. The van der Waals surface area contributed by atoms with E-state index in [-0.39, 0.29) is 17.7 Å². The first-order chi connectivity index (χ1) is 23.2. The standard InChI is InChI=1S/C43H73NO4/c1-7-32(6)36(9-3)38(11-5)37(10-4)34(8-2)23-19-20-30-44-43(48)25-18-13-12-17-24-39-40(42(47)31-41(39)46)29-28-35(45)27-26-33-21-15-14-16-22-33/h12,14-17,21-22,28-29,32,34-42,45-47H,7-11,13,18-20,23-27,30-31H2,1-6H3,(H,44,48)/b17-12-,29-28+/t32?,34?,35-,36?,37?,38?,39+,40+,41-,42+/m0/s1. The number of carbonyl (C=O) groups excluding carboxylic acids is 1. The monoisotopic (exact) mass is 668 g/mol. The first-order valence-electron chi connectivity index (χ1n) is 19.9. The molecule has 1 fully saturated rings. The fourth-order valence-corrected chi connectivity index (χ4v) is 8.68. The average molecular weight is 668 g/mol. The van der Waals surface area contributed by atoms with Gasteiger partial charge in [0.1, 0.15) is 0 Å². The highest BCUT2D eigenvalue weighted by Crippen LogP contribution is 2.41. The van der Waals surface area contributed by atoms with Gasteiger partial charge in [-0.05, 0) is 79.6 Å². The van der Waals surface area contributed by atoms with Crippen LogP contribution >= 0.6 is 0 Å². The molecule has 1 aliphatic rings. The van der Waals surface area contributed by atoms with Gasteiger partial charge in [-0.2, -0.15) is 0 Å². The molecule has 0 aliphatic heterocycles. The van der Waals surface area contributed by atoms with Gasteiger partial charge in [-0.3, -0.25) is 4.79 Å². The number of aliphatic hydroxyl groups is 3. The van der Waals surface area contributed by atoms with Crippen LogP contribution in [0.4, 0.5) is 0 Å². The first kappa shape index (κ1) is 42.2. The Morgan fingerprint density at radius 1 is 0.854 bits per heavy atom. The van der Waals surface area contributed by atoms with Crippen LogP contribution in [0, 0.1) is 41.4 Å². The van der Waals surface area contributed by atoms with Gasteiger partial charge in [0, 0.05) is 25.3 Å². The van der Waals surface area contributed by atoms with Crippen molar-refractivity contribution in [1.82, 2.24) is 5.32 Å². The quantitative estimate of drug-likeness (QED) is 0.0618. The van der Waals surface area contributed by atoms with Crippen LogP contribution in [0.3, 0.4) is 0 Å². The zero-order valence-corrected chi connectivity index (χ0v) is 31.5. The van der Waals surface area contributed by atoms with E-state index in [4.69, 9.17) is 0 Å². The van der Waals surface area contributed by atoms with Crippen LogP contribution < -0.4 is 5.32 Å². The summed E-state index contributed by atoms with van der Waals surface area (Å²) in [6.07, 6.45) is 20.6. The fraction of sp³-hybridized carbons (Fsp3) is 0.744. The van der Waals surface area contributed by atoms with Crippen LogP contribution in [0.25, 0.3) is 0 Å². The fourth-order valence-electron chi connectivity index (χ4n) is 8.68. The third-order valence-corrected chi connectivity index (χ3v) is 11.7. The largest absolute Gasteiger partial charge is 0.393 e. The van der Waals surface area contributed by atoms with Crippen LogP contribution in [0.15, 0.2) is 54.6 Å². The Hall–Kier alpha value is -1.95. The van der Waals surface area contributed by atoms with Crippen molar-refractivity contribution in [3.8, 4) is 0 Å². The third-order valence-electron chi connectivity index (χ3n) is 11.7. The van der Waals surface area contributed by atoms with E-state index in [2.05, 4.69) is 71.1 Å². The number of hydrogen-bond donors (Lipinski definition) is 4. The number of unbranched alkanes of at least 4 members (excludes halogenated alkanes) is 2. The maximum atomic E-state index is 12.5. The summed E-state index contributed by atoms with van der Waals surface area (Å²) in [4.78, 5) is 12.5. The molecule has 10 atom stereocenters. The number of nitrogens with one attached hydrogen (secondary N) is 1. The van der Waals surface area contributed by atoms with E-state index in [1.54, 1.807) is 6.08 Å². The van der Waals surface area contributed by atoms with Crippen LogP contribution in [-0.4, -0.2) is 46.1 Å². The molecule has 2 rings (SSSR count). The van der Waals surface area contributed by atoms with Gasteiger partial charge in [-0.25, -0.2) is 0 Å². The molecule has 5 heteroatoms. The van der Waals surface area contributed by atoms with Crippen molar-refractivity contribution in [1.29, 1.82) is 0 Å². The lowest BCUT2D eigenvalue weighted by Crippen LogP contribution is -2.32. The maximum Gasteiger partial charge on any atom is 0.220 e. The smallest absolute Gasteiger partial charge is 0.220 e. The Morgan fingerprint density at radius 2 is 1.56 bits per heavy atom. The van der Waals surface area contributed by atoms with Crippen molar-refractivity contribution in [3.05, 3.63) is 60.2 Å². The second-order valence-corrected chi connectivity index (χ2v) is 14.8. The number of allylic oxidation sites excluding steroid dienone is 2. The molecule has 5 unspecified atom stereocenters. The van der Waals surface area contributed by atoms with Gasteiger partial charge in [-0.1, -0.05) is 141 Å². The highest BCUT2D eigenvalue weighted by molar-refractivity contribution is 5.75. The molecular formula is C43H73NO4. The van der Waals surface area contributed by atoms with Crippen molar-refractivity contribution < 1.29 is 20.1 Å². The molecule has 1 aliphatic carbocycles. The topological polar surface area (TPSA) is 89.8 Å². The van der Waals surface area contributed by atoms with Crippen molar-refractivity contribution >= 4 is 5.91 Å². The van der Waals surface area contributed by atoms with Gasteiger partial charge in [0.05, 0.1) is 18.3 Å². The van der Waals surface area contributed by atoms with Crippen LogP contribution in [0.2, 0.25) is 0 Å². The Morgan fingerprint density at radius 3 is 2.21 bits per heavy atom. The number of amides is 1. The van der Waals surface area contributed by atoms with Crippen molar-refractivity contribution in [2.24, 2.45) is 41.4 Å². The van der Waals surface area contributed by atoms with Crippen molar-refractivity contribution in [2.75, 3.05) is 6.54 Å². The summed E-state index contributed by atoms with van der Waals surface area (Å²) in [5.74, 6) is 3.90. The minimum atomic E-state index is -0.600. The summed E-state index contributed by atoms with van der Waals surface area (Å²) in [6.45, 7) is 15.1. The van der Waals surface area contributed by atoms with Crippen LogP contribution in [-0.2, 0) is 11.2 Å². The molecule has 1 aromatic carbocycles. The Kier molecular flexibility index (Phi) is 21.3. The molecule has 0 aromatic heterocycles. The van der Waals surface area contributed by atoms with Crippen LogP contribution in [0.1, 0.15) is 137 Å². The number of hydrogen-bond acceptors (Lipinski definition) is 4. The SMILES string of the molecule is CCC(C)C(CC)C(CC)C(CC)C(CC)CCCCNC(=O)CCC/C=C\C[C@@H]1[C@@H](/C=C/[C@@H](O)CCc2ccccc2)[C@H](O)C[C@@H]1O. The molecule has 48 heavy (non-hydrogen) atoms. The summed E-state index contributed by atoms with van der Waals surface area (Å²) in [5, 5.41) is 34.7. The molecule has 4 N–H and O–H groups in total. The van der Waals surface area contributed by atoms with Gasteiger partial charge in [0.2, 0.25) is 5.91 Å². The lowest BCUT2D eigenvalue weighted by atomic mass is 9.66. The molecule has 1 saturated carbocycles. The molecule has 5 nitrogen and oxygen atoms in total. The van der Waals surface area contributed by atoms with Gasteiger partial charge in [-0.15, -0.1) is 0 Å². The molecule has 0 heterocycles. The van der Waals surface area contributed by atoms with E-state index in [0.29, 0.717) is 25.7 Å². The predicted molar refractivity (Wildman–Crippen MR) is 203 cm³/mol. The summed E-state index contributed by atoms with van der Waals surface area (Å²) in [7, 11) is 0. The molecule has 0 bridgehead atoms. The maximum absolute atomic E-state index is 12.5. The second kappa shape index (κ2) is 24.2. The average Bonchev–Trinajstić information content (AvgIpc) is 3.37. The molecular weight excluding hydrogens is 594 g/mol. The summed E-state index contributed by atoms with van der Waals surface area (Å²) >= 11 is 0. The van der Waals surface area contributed by atoms with Crippen molar-refractivity contribution in [2.45, 2.75) is 156 Å². The van der Waals surface area contributed by atoms with Gasteiger partial charge >= 0.3 is 0 Å². The zero-order chi connectivity index (χ0) is 35.3. The Bertz CT molecular complexity index is 1020. The summed E-state index contributed by atoms with van der Waals surface area (Å²) in [5.41, 5.74) is 1.20. The highest BCUT2D eigenvalue weighted by atomic mass is 16.3. The van der Waals surface area contributed by atoms with Gasteiger partial charge in [0.15, 0.2) is 0 Å². The molecule has 1 amide bonds. The van der Waals surface area contributed by atoms with E-state index >= 15 is 0 Å². The number of aryl methyl sites for hydroxylation is 1. The number of rotatable bonds is 25. The molecule has 0 spiro atoms.